The van der Waals surface area contributed by atoms with Crippen LogP contribution in [0.4, 0.5) is 5.69 Å². The van der Waals surface area contributed by atoms with Gasteiger partial charge in [0.05, 0.1) is 6.04 Å². The fourth-order valence-corrected chi connectivity index (χ4v) is 5.73. The fraction of sp³-hybridized carbons (Fsp3) is 0.130. The Balaban J connectivity index is 1.70. The Morgan fingerprint density at radius 1 is 0.960 bits per heavy atom. The van der Waals surface area contributed by atoms with Crippen LogP contribution in [0.25, 0.3) is 30.9 Å². The van der Waals surface area contributed by atoms with E-state index in [-0.39, 0.29) is 5.41 Å². The third-order valence-corrected chi connectivity index (χ3v) is 7.10. The Morgan fingerprint density at radius 3 is 2.84 bits per heavy atom. The molecule has 0 spiro atoms. The Labute approximate surface area is 150 Å². The zero-order chi connectivity index (χ0) is 16.6. The topological polar surface area (TPSA) is 12.0 Å². The molecule has 0 saturated heterocycles. The molecular formula is C23H17NS. The molecule has 6 rings (SSSR count). The maximum absolute atomic E-state index is 3.73. The van der Waals surface area contributed by atoms with E-state index >= 15 is 0 Å². The number of nitrogens with one attached hydrogen (secondary N) is 1. The number of anilines is 1. The van der Waals surface area contributed by atoms with Gasteiger partial charge in [0, 0.05) is 31.3 Å². The van der Waals surface area contributed by atoms with Crippen LogP contribution in [0.3, 0.4) is 0 Å². The average Bonchev–Trinajstić information content (AvgIpc) is 3.14. The Kier molecular flexibility index (Phi) is 2.48. The summed E-state index contributed by atoms with van der Waals surface area (Å²) in [6, 6.07) is 18.4. The second-order valence-electron chi connectivity index (χ2n) is 7.31. The largest absolute Gasteiger partial charge is 0.377 e. The number of allylic oxidation sites excluding steroid dienone is 2. The van der Waals surface area contributed by atoms with Gasteiger partial charge in [0.15, 0.2) is 0 Å². The van der Waals surface area contributed by atoms with Crippen molar-refractivity contribution in [2.75, 3.05) is 5.32 Å². The molecule has 1 aromatic heterocycles. The van der Waals surface area contributed by atoms with Crippen LogP contribution in [-0.4, -0.2) is 6.04 Å². The molecule has 4 aromatic rings. The number of thiophene rings is 1. The lowest BCUT2D eigenvalue weighted by atomic mass is 9.76. The van der Waals surface area contributed by atoms with Gasteiger partial charge in [0.2, 0.25) is 0 Å². The predicted molar refractivity (Wildman–Crippen MR) is 110 cm³/mol. The molecule has 2 unspecified atom stereocenters. The van der Waals surface area contributed by atoms with E-state index in [4.69, 9.17) is 0 Å². The highest BCUT2D eigenvalue weighted by molar-refractivity contribution is 7.26. The number of benzene rings is 3. The lowest BCUT2D eigenvalue weighted by Gasteiger charge is -2.28. The van der Waals surface area contributed by atoms with Crippen molar-refractivity contribution in [2.45, 2.75) is 18.4 Å². The van der Waals surface area contributed by atoms with E-state index in [0.717, 1.165) is 0 Å². The van der Waals surface area contributed by atoms with Gasteiger partial charge in [0.1, 0.15) is 0 Å². The lowest BCUT2D eigenvalue weighted by molar-refractivity contribution is 0.579. The van der Waals surface area contributed by atoms with Crippen LogP contribution < -0.4 is 5.32 Å². The van der Waals surface area contributed by atoms with Crippen molar-refractivity contribution < 1.29 is 0 Å². The summed E-state index contributed by atoms with van der Waals surface area (Å²) in [5, 5.41) is 9.14. The minimum atomic E-state index is 0.0521. The summed E-state index contributed by atoms with van der Waals surface area (Å²) in [5.41, 5.74) is 2.75. The summed E-state index contributed by atoms with van der Waals surface area (Å²) in [7, 11) is 0. The molecule has 120 valence electrons. The van der Waals surface area contributed by atoms with E-state index in [1.54, 1.807) is 0 Å². The second-order valence-corrected chi connectivity index (χ2v) is 8.36. The van der Waals surface area contributed by atoms with Crippen molar-refractivity contribution in [3.8, 4) is 0 Å². The van der Waals surface area contributed by atoms with Crippen molar-refractivity contribution in [3.63, 3.8) is 0 Å². The van der Waals surface area contributed by atoms with Gasteiger partial charge in [-0.3, -0.25) is 0 Å². The minimum absolute atomic E-state index is 0.0521. The van der Waals surface area contributed by atoms with E-state index in [0.29, 0.717) is 6.04 Å². The summed E-state index contributed by atoms with van der Waals surface area (Å²) in [4.78, 5) is 0. The Hall–Kier alpha value is -2.58. The van der Waals surface area contributed by atoms with Gasteiger partial charge in [-0.1, -0.05) is 60.7 Å². The van der Waals surface area contributed by atoms with Crippen LogP contribution in [0, 0.1) is 0 Å². The highest BCUT2D eigenvalue weighted by Crippen LogP contribution is 2.48. The molecule has 0 saturated carbocycles. The van der Waals surface area contributed by atoms with Crippen LogP contribution in [0.15, 0.2) is 72.8 Å². The quantitative estimate of drug-likeness (QED) is 0.391. The van der Waals surface area contributed by atoms with E-state index in [9.17, 15) is 0 Å². The lowest BCUT2D eigenvalue weighted by Crippen LogP contribution is -2.33. The minimum Gasteiger partial charge on any atom is -0.377 e. The summed E-state index contributed by atoms with van der Waals surface area (Å²) in [6.07, 6.45) is 8.94. The number of hydrogen-bond acceptors (Lipinski definition) is 2. The molecule has 2 aliphatic rings. The smallest absolute Gasteiger partial charge is 0.0577 e. The molecule has 1 N–H and O–H groups in total. The van der Waals surface area contributed by atoms with Gasteiger partial charge in [-0.25, -0.2) is 0 Å². The maximum Gasteiger partial charge on any atom is 0.0577 e. The molecule has 1 aliphatic heterocycles. The third-order valence-electron chi connectivity index (χ3n) is 5.90. The monoisotopic (exact) mass is 339 g/mol. The van der Waals surface area contributed by atoms with Crippen molar-refractivity contribution in [1.29, 1.82) is 0 Å². The maximum atomic E-state index is 3.73. The van der Waals surface area contributed by atoms with Gasteiger partial charge in [-0.05, 0) is 35.4 Å². The van der Waals surface area contributed by atoms with Crippen LogP contribution in [0.1, 0.15) is 12.5 Å². The van der Waals surface area contributed by atoms with E-state index in [1.165, 1.54) is 42.2 Å². The van der Waals surface area contributed by atoms with Gasteiger partial charge in [0.25, 0.3) is 0 Å². The standard InChI is InChI=1S/C23H17NS/c1-23-11-5-4-8-21(23)24-19-12-17-16-10-9-14-6-2-3-7-15(14)22(16)25-20(17)13-18(19)23/h2-13,21,24H,1H3. The highest BCUT2D eigenvalue weighted by Gasteiger charge is 2.41. The number of fused-ring (bicyclic) bond motifs is 8. The molecular weight excluding hydrogens is 322 g/mol. The SMILES string of the molecule is CC12C=CC=CC1Nc1cc3c(cc12)sc1c2ccccc2ccc31. The van der Waals surface area contributed by atoms with Crippen molar-refractivity contribution in [1.82, 2.24) is 0 Å². The highest BCUT2D eigenvalue weighted by atomic mass is 32.1. The Morgan fingerprint density at radius 2 is 1.88 bits per heavy atom. The normalized spacial score (nSPS) is 24.0. The van der Waals surface area contributed by atoms with Crippen LogP contribution in [0.5, 0.6) is 0 Å². The van der Waals surface area contributed by atoms with Gasteiger partial charge in [-0.15, -0.1) is 11.3 Å². The molecule has 0 amide bonds. The first-order valence-electron chi connectivity index (χ1n) is 8.75. The van der Waals surface area contributed by atoms with Crippen LogP contribution >= 0.6 is 11.3 Å². The van der Waals surface area contributed by atoms with E-state index in [1.807, 2.05) is 11.3 Å². The molecule has 2 atom stereocenters. The molecule has 1 nitrogen and oxygen atoms in total. The average molecular weight is 339 g/mol. The molecule has 3 aromatic carbocycles. The molecule has 2 heteroatoms. The van der Waals surface area contributed by atoms with E-state index < -0.39 is 0 Å². The summed E-state index contributed by atoms with van der Waals surface area (Å²) in [6.45, 7) is 2.34. The zero-order valence-corrected chi connectivity index (χ0v) is 14.7. The summed E-state index contributed by atoms with van der Waals surface area (Å²) < 4.78 is 2.79. The molecule has 0 fully saturated rings. The zero-order valence-electron chi connectivity index (χ0n) is 13.9. The van der Waals surface area contributed by atoms with Crippen LogP contribution in [-0.2, 0) is 5.41 Å². The second kappa shape index (κ2) is 4.53. The third kappa shape index (κ3) is 1.68. The summed E-state index contributed by atoms with van der Waals surface area (Å²) >= 11 is 1.93. The van der Waals surface area contributed by atoms with Gasteiger partial charge >= 0.3 is 0 Å². The van der Waals surface area contributed by atoms with Crippen LogP contribution in [0.2, 0.25) is 0 Å². The predicted octanol–water partition coefficient (Wildman–Crippen LogP) is 6.39. The first-order valence-corrected chi connectivity index (χ1v) is 9.57. The summed E-state index contributed by atoms with van der Waals surface area (Å²) in [5.74, 6) is 0. The first kappa shape index (κ1) is 13.7. The Bertz CT molecular complexity index is 1240. The fourth-order valence-electron chi connectivity index (χ4n) is 4.47. The molecule has 2 heterocycles. The molecule has 0 radical (unpaired) electrons. The van der Waals surface area contributed by atoms with E-state index in [2.05, 4.69) is 85.1 Å². The molecule has 0 bridgehead atoms. The molecule has 1 aliphatic carbocycles. The number of rotatable bonds is 0. The van der Waals surface area contributed by atoms with Crippen molar-refractivity contribution in [3.05, 3.63) is 78.4 Å². The molecule has 25 heavy (non-hydrogen) atoms. The van der Waals surface area contributed by atoms with Crippen molar-refractivity contribution >= 4 is 48.0 Å². The number of hydrogen-bond donors (Lipinski definition) is 1. The first-order chi connectivity index (χ1) is 12.2. The van der Waals surface area contributed by atoms with Gasteiger partial charge in [-0.2, -0.15) is 0 Å². The van der Waals surface area contributed by atoms with Gasteiger partial charge < -0.3 is 5.32 Å². The van der Waals surface area contributed by atoms with Crippen molar-refractivity contribution in [2.24, 2.45) is 0 Å².